The fraction of sp³-hybridized carbons (Fsp3) is 0.778. The molecule has 0 spiro atoms. The van der Waals surface area contributed by atoms with Crippen molar-refractivity contribution in [3.05, 3.63) is 0 Å². The van der Waals surface area contributed by atoms with Gasteiger partial charge < -0.3 is 14.0 Å². The third-order valence-electron chi connectivity index (χ3n) is 1.87. The lowest BCUT2D eigenvalue weighted by Crippen LogP contribution is -2.41. The first-order chi connectivity index (χ1) is 6.24. The first-order valence-corrected chi connectivity index (χ1v) is 4.53. The Labute approximate surface area is 80.8 Å². The van der Waals surface area contributed by atoms with Crippen molar-refractivity contribution < 1.29 is 14.0 Å². The molecule has 76 valence electrons. The van der Waals surface area contributed by atoms with E-state index in [9.17, 15) is 0 Å². The highest BCUT2D eigenvalue weighted by Crippen LogP contribution is 2.03. The van der Waals surface area contributed by atoms with Crippen LogP contribution in [-0.2, 0) is 14.0 Å². The third-order valence-corrected chi connectivity index (χ3v) is 1.87. The molecule has 0 aliphatic heterocycles. The molecule has 0 unspecified atom stereocenters. The molecule has 0 saturated heterocycles. The maximum atomic E-state index is 5.06. The van der Waals surface area contributed by atoms with Crippen LogP contribution in [-0.4, -0.2) is 28.1 Å². The summed E-state index contributed by atoms with van der Waals surface area (Å²) in [5.41, 5.74) is 0. The molecule has 0 heterocycles. The summed E-state index contributed by atoms with van der Waals surface area (Å²) in [6, 6.07) is 0. The van der Waals surface area contributed by atoms with Crippen molar-refractivity contribution in [3.63, 3.8) is 0 Å². The van der Waals surface area contributed by atoms with E-state index in [4.69, 9.17) is 14.0 Å². The molecule has 0 N–H and O–H groups in total. The highest BCUT2D eigenvalue weighted by atomic mass is 16.7. The molecular weight excluding hydrogens is 167 g/mol. The number of hydrogen-bond donors (Lipinski definition) is 0. The first-order valence-electron chi connectivity index (χ1n) is 4.53. The van der Waals surface area contributed by atoms with Gasteiger partial charge >= 0.3 is 6.75 Å². The summed E-state index contributed by atoms with van der Waals surface area (Å²) in [5, 5.41) is 0. The zero-order valence-electron chi connectivity index (χ0n) is 8.92. The quantitative estimate of drug-likeness (QED) is 0.370. The van der Waals surface area contributed by atoms with E-state index < -0.39 is 6.75 Å². The van der Waals surface area contributed by atoms with Crippen molar-refractivity contribution in [1.82, 2.24) is 0 Å². The van der Waals surface area contributed by atoms with Crippen LogP contribution >= 0.6 is 0 Å². The van der Waals surface area contributed by atoms with Crippen molar-refractivity contribution >= 4 is 6.75 Å². The number of rotatable bonds is 5. The van der Waals surface area contributed by atoms with E-state index in [-0.39, 0.29) is 0 Å². The van der Waals surface area contributed by atoms with E-state index in [1.807, 2.05) is 0 Å². The van der Waals surface area contributed by atoms with Crippen LogP contribution in [0.2, 0.25) is 0 Å². The Hall–Kier alpha value is -0.495. The summed E-state index contributed by atoms with van der Waals surface area (Å²) < 4.78 is 15.2. The Morgan fingerprint density at radius 1 is 1.08 bits per heavy atom. The molecule has 0 aromatic rings. The Bertz CT molecular complexity index is 171. The minimum Gasteiger partial charge on any atom is -0.536 e. The monoisotopic (exact) mass is 185 g/mol. The van der Waals surface area contributed by atoms with Gasteiger partial charge in [0.05, 0.1) is 0 Å². The molecule has 0 rings (SSSR count). The minimum atomic E-state index is -1.84. The van der Waals surface area contributed by atoms with Gasteiger partial charge in [-0.3, -0.25) is 0 Å². The van der Waals surface area contributed by atoms with Crippen LogP contribution in [0.3, 0.4) is 0 Å². The van der Waals surface area contributed by atoms with Gasteiger partial charge in [-0.1, -0.05) is 13.3 Å². The van der Waals surface area contributed by atoms with Crippen molar-refractivity contribution in [1.29, 1.82) is 0 Å². The van der Waals surface area contributed by atoms with Gasteiger partial charge in [-0.2, -0.15) is 0 Å². The van der Waals surface area contributed by atoms with E-state index in [2.05, 4.69) is 18.7 Å². The van der Waals surface area contributed by atoms with Gasteiger partial charge in [0.25, 0.3) is 0 Å². The van der Waals surface area contributed by atoms with Crippen molar-refractivity contribution in [2.75, 3.05) is 21.3 Å². The van der Waals surface area contributed by atoms with E-state index in [1.165, 1.54) is 21.3 Å². The van der Waals surface area contributed by atoms with Gasteiger partial charge in [-0.25, -0.2) is 5.82 Å². The molecule has 0 amide bonds. The maximum absolute atomic E-state index is 5.06. The maximum Gasteiger partial charge on any atom is 0.456 e. The molecule has 0 aliphatic carbocycles. The van der Waals surface area contributed by atoms with Gasteiger partial charge in [0.2, 0.25) is 0 Å². The molecule has 0 bridgehead atoms. The van der Waals surface area contributed by atoms with Crippen molar-refractivity contribution in [3.8, 4) is 11.7 Å². The summed E-state index contributed by atoms with van der Waals surface area (Å²) in [7, 11) is 4.59. The molecule has 0 atom stereocenters. The minimum absolute atomic E-state index is 0.857. The lowest BCUT2D eigenvalue weighted by atomic mass is 9.79. The van der Waals surface area contributed by atoms with Crippen LogP contribution in [0, 0.1) is 11.7 Å². The molecule has 3 nitrogen and oxygen atoms in total. The summed E-state index contributed by atoms with van der Waals surface area (Å²) in [6.45, 7) is 0.292. The van der Waals surface area contributed by atoms with Gasteiger partial charge in [0, 0.05) is 6.42 Å². The zero-order valence-corrected chi connectivity index (χ0v) is 8.92. The second-order valence-electron chi connectivity index (χ2n) is 2.77. The van der Waals surface area contributed by atoms with Crippen molar-refractivity contribution in [2.24, 2.45) is 0 Å². The molecule has 0 aliphatic rings. The van der Waals surface area contributed by atoms with Crippen LogP contribution in [0.15, 0.2) is 0 Å². The Balaban J connectivity index is 4.11. The first kappa shape index (κ1) is 12.5. The molecule has 0 saturated carbocycles. The second kappa shape index (κ2) is 6.96. The average molecular weight is 185 g/mol. The van der Waals surface area contributed by atoms with E-state index in [0.29, 0.717) is 0 Å². The van der Waals surface area contributed by atoms with Crippen LogP contribution < -0.4 is 0 Å². The average Bonchev–Trinajstić information content (AvgIpc) is 2.20. The van der Waals surface area contributed by atoms with Gasteiger partial charge in [0.15, 0.2) is 0 Å². The lowest BCUT2D eigenvalue weighted by molar-refractivity contribution is 0.141. The largest absolute Gasteiger partial charge is 0.536 e. The van der Waals surface area contributed by atoms with Gasteiger partial charge in [-0.15, -0.1) is 5.92 Å². The molecule has 0 radical (unpaired) electrons. The normalized spacial score (nSPS) is 10.8. The van der Waals surface area contributed by atoms with E-state index in [1.54, 1.807) is 0 Å². The molecule has 13 heavy (non-hydrogen) atoms. The number of unbranched alkanes of at least 4 members (excludes halogenated alkanes) is 2. The number of hydrogen-bond acceptors (Lipinski definition) is 3. The summed E-state index contributed by atoms with van der Waals surface area (Å²) in [6.07, 6.45) is 3.09. The zero-order chi connectivity index (χ0) is 10.2. The predicted octanol–water partition coefficient (Wildman–Crippen LogP) is 1.60. The van der Waals surface area contributed by atoms with Crippen LogP contribution in [0.5, 0.6) is 0 Å². The van der Waals surface area contributed by atoms with Crippen LogP contribution in [0.25, 0.3) is 0 Å². The fourth-order valence-corrected chi connectivity index (χ4v) is 0.928. The molecular formula is C9H18BO3-. The topological polar surface area (TPSA) is 27.7 Å². The smallest absolute Gasteiger partial charge is 0.456 e. The Kier molecular flexibility index (Phi) is 6.70. The summed E-state index contributed by atoms with van der Waals surface area (Å²) in [4.78, 5) is 0. The van der Waals surface area contributed by atoms with E-state index >= 15 is 0 Å². The highest BCUT2D eigenvalue weighted by Gasteiger charge is 2.21. The van der Waals surface area contributed by atoms with Gasteiger partial charge in [0.1, 0.15) is 0 Å². The third kappa shape index (κ3) is 4.32. The molecule has 0 fully saturated rings. The Morgan fingerprint density at radius 3 is 2.00 bits per heavy atom. The summed E-state index contributed by atoms with van der Waals surface area (Å²) >= 11 is 0. The van der Waals surface area contributed by atoms with Crippen LogP contribution in [0.1, 0.15) is 26.2 Å². The van der Waals surface area contributed by atoms with Crippen molar-refractivity contribution in [2.45, 2.75) is 26.2 Å². The molecule has 0 aromatic carbocycles. The van der Waals surface area contributed by atoms with E-state index in [0.717, 1.165) is 19.3 Å². The lowest BCUT2D eigenvalue weighted by Gasteiger charge is -2.31. The predicted molar refractivity (Wildman–Crippen MR) is 54.1 cm³/mol. The van der Waals surface area contributed by atoms with Crippen LogP contribution in [0.4, 0.5) is 0 Å². The fourth-order valence-electron chi connectivity index (χ4n) is 0.928. The summed E-state index contributed by atoms with van der Waals surface area (Å²) in [5.74, 6) is 5.85. The Morgan fingerprint density at radius 2 is 1.62 bits per heavy atom. The van der Waals surface area contributed by atoms with Gasteiger partial charge in [-0.05, 0) is 27.8 Å². The molecule has 4 heteroatoms. The standard InChI is InChI=1S/C9H18BO3/c1-5-6-7-8-9-10(11-2,12-3)13-4/h5-7H2,1-4H3/q-1. The molecule has 0 aromatic heterocycles. The second-order valence-corrected chi connectivity index (χ2v) is 2.77. The highest BCUT2D eigenvalue weighted by molar-refractivity contribution is 6.69. The SMILES string of the molecule is CCCCC#C[B-](OC)(OC)OC.